The first-order chi connectivity index (χ1) is 13.1. The summed E-state index contributed by atoms with van der Waals surface area (Å²) in [6.07, 6.45) is 0. The largest absolute Gasteiger partial charge is 0.505 e. The van der Waals surface area contributed by atoms with Gasteiger partial charge in [0, 0.05) is 5.69 Å². The summed E-state index contributed by atoms with van der Waals surface area (Å²) in [5.41, 5.74) is 5.15. The summed E-state index contributed by atoms with van der Waals surface area (Å²) in [5, 5.41) is 17.3. The van der Waals surface area contributed by atoms with Gasteiger partial charge in [-0.05, 0) is 36.4 Å². The van der Waals surface area contributed by atoms with Crippen molar-refractivity contribution in [2.24, 2.45) is 5.14 Å². The molecule has 28 heavy (non-hydrogen) atoms. The summed E-state index contributed by atoms with van der Waals surface area (Å²) in [6.45, 7) is 0. The standard InChI is InChI=1S/C16H12F2N4O4S2/c17-9-5-6-10(23)12(18)11(9)13(24)14-15(19)22-16(27-14)21-7-1-3-8(4-2-7)28(20,25)26/h1-6,23H,19H2,(H,21,22)(H2,20,25,26). The highest BCUT2D eigenvalue weighted by Crippen LogP contribution is 2.32. The van der Waals surface area contributed by atoms with Gasteiger partial charge in [-0.2, -0.15) is 0 Å². The molecule has 0 spiro atoms. The number of aromatic hydroxyl groups is 1. The van der Waals surface area contributed by atoms with Crippen molar-refractivity contribution in [3.8, 4) is 5.75 Å². The number of hydrogen-bond acceptors (Lipinski definition) is 8. The van der Waals surface area contributed by atoms with E-state index in [1.807, 2.05) is 0 Å². The van der Waals surface area contributed by atoms with Crippen molar-refractivity contribution in [2.75, 3.05) is 11.1 Å². The zero-order valence-corrected chi connectivity index (χ0v) is 15.4. The molecule has 146 valence electrons. The fourth-order valence-corrected chi connectivity index (χ4v) is 3.63. The van der Waals surface area contributed by atoms with Gasteiger partial charge in [0.15, 0.2) is 16.7 Å². The number of phenols is 1. The van der Waals surface area contributed by atoms with E-state index in [1.165, 1.54) is 24.3 Å². The average molecular weight is 426 g/mol. The number of primary sulfonamides is 1. The van der Waals surface area contributed by atoms with Crippen molar-refractivity contribution < 1.29 is 27.1 Å². The Bertz CT molecular complexity index is 1180. The maximum Gasteiger partial charge on any atom is 0.238 e. The van der Waals surface area contributed by atoms with E-state index in [0.717, 1.165) is 23.5 Å². The Morgan fingerprint density at radius 2 is 1.79 bits per heavy atom. The number of nitrogen functional groups attached to an aromatic ring is 1. The maximum atomic E-state index is 14.0. The minimum Gasteiger partial charge on any atom is -0.505 e. The lowest BCUT2D eigenvalue weighted by Crippen LogP contribution is -2.11. The number of rotatable bonds is 5. The quantitative estimate of drug-likeness (QED) is 0.458. The number of phenolic OH excluding ortho intramolecular Hbond substituents is 1. The van der Waals surface area contributed by atoms with Crippen LogP contribution in [-0.4, -0.2) is 24.3 Å². The van der Waals surface area contributed by atoms with Gasteiger partial charge in [0.05, 0.1) is 10.5 Å². The van der Waals surface area contributed by atoms with Crippen molar-refractivity contribution in [3.05, 3.63) is 58.5 Å². The number of ketones is 1. The number of carbonyl (C=O) groups excluding carboxylic acids is 1. The Morgan fingerprint density at radius 1 is 1.14 bits per heavy atom. The molecular formula is C16H12F2N4O4S2. The number of hydrogen-bond donors (Lipinski definition) is 4. The molecule has 1 heterocycles. The van der Waals surface area contributed by atoms with Crippen molar-refractivity contribution in [2.45, 2.75) is 4.90 Å². The van der Waals surface area contributed by atoms with Gasteiger partial charge >= 0.3 is 0 Å². The highest BCUT2D eigenvalue weighted by molar-refractivity contribution is 7.89. The first-order valence-corrected chi connectivity index (χ1v) is 9.82. The zero-order chi connectivity index (χ0) is 20.6. The molecule has 12 heteroatoms. The number of halogens is 2. The minimum absolute atomic E-state index is 0.0950. The van der Waals surface area contributed by atoms with E-state index in [4.69, 9.17) is 10.9 Å². The molecule has 0 amide bonds. The van der Waals surface area contributed by atoms with Crippen LogP contribution in [0.2, 0.25) is 0 Å². The zero-order valence-electron chi connectivity index (χ0n) is 13.8. The number of aromatic nitrogens is 1. The molecule has 8 nitrogen and oxygen atoms in total. The monoisotopic (exact) mass is 426 g/mol. The summed E-state index contributed by atoms with van der Waals surface area (Å²) >= 11 is 0.736. The van der Waals surface area contributed by atoms with Gasteiger partial charge in [-0.1, -0.05) is 11.3 Å². The molecule has 0 saturated carbocycles. The van der Waals surface area contributed by atoms with Gasteiger partial charge in [-0.25, -0.2) is 27.3 Å². The molecule has 0 radical (unpaired) electrons. The summed E-state index contributed by atoms with van der Waals surface area (Å²) in [6, 6.07) is 6.89. The molecule has 3 aromatic rings. The van der Waals surface area contributed by atoms with E-state index in [1.54, 1.807) is 0 Å². The molecule has 0 aliphatic carbocycles. The van der Waals surface area contributed by atoms with Crippen LogP contribution >= 0.6 is 11.3 Å². The van der Waals surface area contributed by atoms with Crippen LogP contribution in [-0.2, 0) is 10.0 Å². The van der Waals surface area contributed by atoms with Gasteiger partial charge in [0.2, 0.25) is 15.8 Å². The molecule has 0 saturated heterocycles. The van der Waals surface area contributed by atoms with E-state index >= 15 is 0 Å². The average Bonchev–Trinajstić information content (AvgIpc) is 2.98. The molecule has 1 aromatic heterocycles. The lowest BCUT2D eigenvalue weighted by atomic mass is 10.1. The van der Waals surface area contributed by atoms with Gasteiger partial charge < -0.3 is 16.2 Å². The molecule has 0 atom stereocenters. The number of nitrogens with zero attached hydrogens (tertiary/aromatic N) is 1. The SMILES string of the molecule is Nc1nc(Nc2ccc(S(N)(=O)=O)cc2)sc1C(=O)c1c(F)ccc(O)c1F. The van der Waals surface area contributed by atoms with E-state index in [2.05, 4.69) is 10.3 Å². The Hall–Kier alpha value is -3.09. The first kappa shape index (κ1) is 19.7. The molecule has 2 aromatic carbocycles. The fourth-order valence-electron chi connectivity index (χ4n) is 2.26. The number of anilines is 3. The van der Waals surface area contributed by atoms with Crippen LogP contribution in [0.25, 0.3) is 0 Å². The van der Waals surface area contributed by atoms with E-state index in [0.29, 0.717) is 5.69 Å². The Labute approximate surface area is 161 Å². The number of benzene rings is 2. The van der Waals surface area contributed by atoms with Crippen molar-refractivity contribution in [1.29, 1.82) is 0 Å². The van der Waals surface area contributed by atoms with Gasteiger partial charge in [-0.15, -0.1) is 0 Å². The van der Waals surface area contributed by atoms with Gasteiger partial charge in [-0.3, -0.25) is 4.79 Å². The van der Waals surface area contributed by atoms with Crippen LogP contribution in [0.15, 0.2) is 41.3 Å². The second kappa shape index (κ2) is 7.14. The predicted octanol–water partition coefficient (Wildman–Crippen LogP) is 2.33. The maximum absolute atomic E-state index is 14.0. The molecule has 0 bridgehead atoms. The molecule has 3 rings (SSSR count). The van der Waals surface area contributed by atoms with Crippen LogP contribution in [0.4, 0.5) is 25.4 Å². The lowest BCUT2D eigenvalue weighted by molar-refractivity contribution is 0.103. The molecule has 0 unspecified atom stereocenters. The smallest absolute Gasteiger partial charge is 0.238 e. The molecule has 0 fully saturated rings. The van der Waals surface area contributed by atoms with Crippen LogP contribution in [0.5, 0.6) is 5.75 Å². The second-order valence-electron chi connectivity index (χ2n) is 5.51. The fraction of sp³-hybridized carbons (Fsp3) is 0. The molecule has 0 aliphatic rings. The van der Waals surface area contributed by atoms with Crippen LogP contribution < -0.4 is 16.2 Å². The molecule has 0 aliphatic heterocycles. The number of thiazole rings is 1. The van der Waals surface area contributed by atoms with Crippen molar-refractivity contribution in [1.82, 2.24) is 4.98 Å². The summed E-state index contributed by atoms with van der Waals surface area (Å²) in [4.78, 5) is 16.1. The van der Waals surface area contributed by atoms with E-state index in [9.17, 15) is 27.1 Å². The highest BCUT2D eigenvalue weighted by atomic mass is 32.2. The second-order valence-corrected chi connectivity index (χ2v) is 8.07. The van der Waals surface area contributed by atoms with Crippen LogP contribution in [0.1, 0.15) is 15.2 Å². The van der Waals surface area contributed by atoms with Crippen molar-refractivity contribution >= 4 is 43.8 Å². The van der Waals surface area contributed by atoms with Crippen LogP contribution in [0.3, 0.4) is 0 Å². The van der Waals surface area contributed by atoms with Gasteiger partial charge in [0.1, 0.15) is 16.5 Å². The number of carbonyl (C=O) groups is 1. The predicted molar refractivity (Wildman–Crippen MR) is 99.1 cm³/mol. The third-order valence-corrected chi connectivity index (χ3v) is 5.51. The first-order valence-electron chi connectivity index (χ1n) is 7.46. The minimum atomic E-state index is -3.85. The Morgan fingerprint density at radius 3 is 2.39 bits per heavy atom. The number of nitrogens with one attached hydrogen (secondary N) is 1. The third kappa shape index (κ3) is 3.78. The highest BCUT2D eigenvalue weighted by Gasteiger charge is 2.26. The summed E-state index contributed by atoms with van der Waals surface area (Å²) in [7, 11) is -3.85. The van der Waals surface area contributed by atoms with Crippen molar-refractivity contribution in [3.63, 3.8) is 0 Å². The molecular weight excluding hydrogens is 414 g/mol. The molecule has 6 N–H and O–H groups in total. The van der Waals surface area contributed by atoms with Gasteiger partial charge in [0.25, 0.3) is 0 Å². The number of sulfonamides is 1. The summed E-state index contributed by atoms with van der Waals surface area (Å²) < 4.78 is 50.4. The number of nitrogens with two attached hydrogens (primary N) is 2. The Kier molecular flexibility index (Phi) is 5.02. The summed E-state index contributed by atoms with van der Waals surface area (Å²) in [5.74, 6) is -4.76. The van der Waals surface area contributed by atoms with E-state index < -0.39 is 38.8 Å². The third-order valence-electron chi connectivity index (χ3n) is 3.59. The topological polar surface area (TPSA) is 148 Å². The lowest BCUT2D eigenvalue weighted by Gasteiger charge is -2.04. The van der Waals surface area contributed by atoms with Crippen LogP contribution in [0, 0.1) is 11.6 Å². The normalized spacial score (nSPS) is 11.4. The Balaban J connectivity index is 1.90. The van der Waals surface area contributed by atoms with E-state index in [-0.39, 0.29) is 20.7 Å².